The number of amides is 2. The third kappa shape index (κ3) is 4.04. The zero-order valence-corrected chi connectivity index (χ0v) is 16.4. The molecule has 6 heteroatoms. The standard InChI is InChI=1S/C21H31N3O3/c1-13-11-24(21(26)16-6-4-3-5-7-16)12-14(2)19(13)22-20(25)17-10-18(27-23-17)15-8-9-15/h10,13-16,19H,3-9,11-12H2,1-2H3,(H,22,25). The minimum Gasteiger partial charge on any atom is -0.360 e. The van der Waals surface area contributed by atoms with E-state index in [-0.39, 0.29) is 29.7 Å². The second-order valence-corrected chi connectivity index (χ2v) is 8.92. The van der Waals surface area contributed by atoms with Crippen molar-refractivity contribution in [3.05, 3.63) is 17.5 Å². The highest BCUT2D eigenvalue weighted by molar-refractivity contribution is 5.92. The van der Waals surface area contributed by atoms with Crippen LogP contribution in [-0.4, -0.2) is 41.0 Å². The van der Waals surface area contributed by atoms with Gasteiger partial charge >= 0.3 is 0 Å². The summed E-state index contributed by atoms with van der Waals surface area (Å²) < 4.78 is 5.30. The van der Waals surface area contributed by atoms with Gasteiger partial charge in [0.15, 0.2) is 5.69 Å². The maximum Gasteiger partial charge on any atom is 0.273 e. The molecule has 2 amide bonds. The zero-order valence-electron chi connectivity index (χ0n) is 16.4. The fourth-order valence-corrected chi connectivity index (χ4v) is 4.81. The molecule has 1 aromatic rings. The Morgan fingerprint density at radius 3 is 2.37 bits per heavy atom. The number of hydrogen-bond donors (Lipinski definition) is 1. The molecule has 27 heavy (non-hydrogen) atoms. The summed E-state index contributed by atoms with van der Waals surface area (Å²) >= 11 is 0. The van der Waals surface area contributed by atoms with Crippen LogP contribution in [-0.2, 0) is 4.79 Å². The van der Waals surface area contributed by atoms with Gasteiger partial charge in [0.1, 0.15) is 5.76 Å². The number of nitrogens with one attached hydrogen (secondary N) is 1. The fourth-order valence-electron chi connectivity index (χ4n) is 4.81. The van der Waals surface area contributed by atoms with Crippen molar-refractivity contribution in [2.75, 3.05) is 13.1 Å². The summed E-state index contributed by atoms with van der Waals surface area (Å²) in [7, 11) is 0. The summed E-state index contributed by atoms with van der Waals surface area (Å²) in [6.07, 6.45) is 7.93. The molecular weight excluding hydrogens is 342 g/mol. The molecule has 0 aromatic carbocycles. The number of aromatic nitrogens is 1. The van der Waals surface area contributed by atoms with Crippen LogP contribution in [0.15, 0.2) is 10.6 Å². The van der Waals surface area contributed by atoms with Crippen molar-refractivity contribution < 1.29 is 14.1 Å². The van der Waals surface area contributed by atoms with Crippen LogP contribution in [0.25, 0.3) is 0 Å². The molecule has 2 atom stereocenters. The minimum atomic E-state index is -0.165. The molecule has 4 rings (SSSR count). The Kier molecular flexibility index (Phi) is 5.24. The van der Waals surface area contributed by atoms with Crippen molar-refractivity contribution in [3.8, 4) is 0 Å². The molecular formula is C21H31N3O3. The number of carbonyl (C=O) groups excluding carboxylic acids is 2. The van der Waals surface area contributed by atoms with Gasteiger partial charge in [-0.05, 0) is 37.5 Å². The number of likely N-dealkylation sites (tertiary alicyclic amines) is 1. The highest BCUT2D eigenvalue weighted by Gasteiger charge is 2.37. The monoisotopic (exact) mass is 373 g/mol. The molecule has 148 valence electrons. The molecule has 2 saturated carbocycles. The maximum absolute atomic E-state index is 12.9. The second-order valence-electron chi connectivity index (χ2n) is 8.92. The molecule has 1 aromatic heterocycles. The van der Waals surface area contributed by atoms with Gasteiger partial charge in [-0.15, -0.1) is 0 Å². The van der Waals surface area contributed by atoms with Crippen LogP contribution in [0, 0.1) is 17.8 Å². The Morgan fingerprint density at radius 2 is 1.74 bits per heavy atom. The normalized spacial score (nSPS) is 29.6. The Labute approximate surface area is 161 Å². The quantitative estimate of drug-likeness (QED) is 0.878. The SMILES string of the molecule is CC1CN(C(=O)C2CCCCC2)CC(C)C1NC(=O)c1cc(C2CC2)on1. The van der Waals surface area contributed by atoms with Gasteiger partial charge < -0.3 is 14.7 Å². The topological polar surface area (TPSA) is 75.4 Å². The Balaban J connectivity index is 1.35. The van der Waals surface area contributed by atoms with Gasteiger partial charge in [0.25, 0.3) is 5.91 Å². The molecule has 3 fully saturated rings. The highest BCUT2D eigenvalue weighted by Crippen LogP contribution is 2.40. The summed E-state index contributed by atoms with van der Waals surface area (Å²) in [4.78, 5) is 27.5. The number of piperidine rings is 1. The summed E-state index contributed by atoms with van der Waals surface area (Å²) in [5.41, 5.74) is 0.372. The number of rotatable bonds is 4. The van der Waals surface area contributed by atoms with Gasteiger partial charge in [0.2, 0.25) is 5.91 Å². The Bertz CT molecular complexity index is 679. The van der Waals surface area contributed by atoms with Gasteiger partial charge in [0, 0.05) is 37.0 Å². The Hall–Kier alpha value is -1.85. The van der Waals surface area contributed by atoms with Crippen molar-refractivity contribution in [2.45, 2.75) is 70.8 Å². The lowest BCUT2D eigenvalue weighted by Gasteiger charge is -2.43. The molecule has 6 nitrogen and oxygen atoms in total. The van der Waals surface area contributed by atoms with E-state index in [1.165, 1.54) is 19.3 Å². The lowest BCUT2D eigenvalue weighted by Crippen LogP contribution is -2.57. The van der Waals surface area contributed by atoms with Crippen LogP contribution >= 0.6 is 0 Å². The van der Waals surface area contributed by atoms with Gasteiger partial charge in [-0.3, -0.25) is 9.59 Å². The van der Waals surface area contributed by atoms with Crippen molar-refractivity contribution in [2.24, 2.45) is 17.8 Å². The molecule has 0 bridgehead atoms. The lowest BCUT2D eigenvalue weighted by molar-refractivity contribution is -0.139. The van der Waals surface area contributed by atoms with Crippen molar-refractivity contribution in [1.82, 2.24) is 15.4 Å². The number of carbonyl (C=O) groups is 2. The van der Waals surface area contributed by atoms with E-state index in [0.717, 1.165) is 44.5 Å². The molecule has 2 heterocycles. The smallest absolute Gasteiger partial charge is 0.273 e. The van der Waals surface area contributed by atoms with Crippen molar-refractivity contribution in [3.63, 3.8) is 0 Å². The second kappa shape index (κ2) is 7.64. The first-order valence-electron chi connectivity index (χ1n) is 10.6. The zero-order chi connectivity index (χ0) is 19.0. The van der Waals surface area contributed by atoms with Gasteiger partial charge in [-0.2, -0.15) is 0 Å². The molecule has 1 saturated heterocycles. The molecule has 1 aliphatic heterocycles. The number of hydrogen-bond acceptors (Lipinski definition) is 4. The predicted molar refractivity (Wildman–Crippen MR) is 101 cm³/mol. The number of nitrogens with zero attached hydrogens (tertiary/aromatic N) is 2. The molecule has 2 unspecified atom stereocenters. The van der Waals surface area contributed by atoms with E-state index >= 15 is 0 Å². The van der Waals surface area contributed by atoms with Crippen molar-refractivity contribution in [1.29, 1.82) is 0 Å². The third-order valence-electron chi connectivity index (χ3n) is 6.55. The van der Waals surface area contributed by atoms with Crippen LogP contribution in [0.5, 0.6) is 0 Å². The summed E-state index contributed by atoms with van der Waals surface area (Å²) in [6, 6.07) is 1.83. The summed E-state index contributed by atoms with van der Waals surface area (Å²) in [6.45, 7) is 5.69. The molecule has 3 aliphatic rings. The minimum absolute atomic E-state index is 0.0500. The Morgan fingerprint density at radius 1 is 1.07 bits per heavy atom. The first-order valence-corrected chi connectivity index (χ1v) is 10.6. The van der Waals surface area contributed by atoms with Crippen LogP contribution in [0.4, 0.5) is 0 Å². The van der Waals surface area contributed by atoms with Gasteiger partial charge in [-0.1, -0.05) is 38.3 Å². The fraction of sp³-hybridized carbons (Fsp3) is 0.762. The lowest BCUT2D eigenvalue weighted by atomic mass is 9.83. The average molecular weight is 373 g/mol. The molecule has 2 aliphatic carbocycles. The van der Waals surface area contributed by atoms with Gasteiger partial charge in [0.05, 0.1) is 0 Å². The predicted octanol–water partition coefficient (Wildman–Crippen LogP) is 3.35. The van der Waals surface area contributed by atoms with E-state index in [0.29, 0.717) is 17.5 Å². The van der Waals surface area contributed by atoms with Crippen LogP contribution in [0.2, 0.25) is 0 Å². The van der Waals surface area contributed by atoms with E-state index in [9.17, 15) is 9.59 Å². The molecule has 1 N–H and O–H groups in total. The summed E-state index contributed by atoms with van der Waals surface area (Å²) in [5.74, 6) is 2.09. The van der Waals surface area contributed by atoms with Crippen LogP contribution < -0.4 is 5.32 Å². The van der Waals surface area contributed by atoms with E-state index in [1.54, 1.807) is 6.07 Å². The summed E-state index contributed by atoms with van der Waals surface area (Å²) in [5, 5.41) is 7.09. The third-order valence-corrected chi connectivity index (χ3v) is 6.55. The van der Waals surface area contributed by atoms with Crippen molar-refractivity contribution >= 4 is 11.8 Å². The van der Waals surface area contributed by atoms with Gasteiger partial charge in [-0.25, -0.2) is 0 Å². The van der Waals surface area contributed by atoms with E-state index in [2.05, 4.69) is 24.3 Å². The largest absolute Gasteiger partial charge is 0.360 e. The average Bonchev–Trinajstić information content (AvgIpc) is 3.41. The molecule has 0 spiro atoms. The van der Waals surface area contributed by atoms with E-state index < -0.39 is 0 Å². The highest BCUT2D eigenvalue weighted by atomic mass is 16.5. The first-order chi connectivity index (χ1) is 13.0. The first kappa shape index (κ1) is 18.5. The van der Waals surface area contributed by atoms with Crippen LogP contribution in [0.1, 0.15) is 81.0 Å². The van der Waals surface area contributed by atoms with E-state index in [1.807, 2.05) is 4.90 Å². The molecule has 0 radical (unpaired) electrons. The van der Waals surface area contributed by atoms with Crippen LogP contribution in [0.3, 0.4) is 0 Å². The van der Waals surface area contributed by atoms with E-state index in [4.69, 9.17) is 4.52 Å². The maximum atomic E-state index is 12.9.